The summed E-state index contributed by atoms with van der Waals surface area (Å²) in [6.45, 7) is 0.821. The van der Waals surface area contributed by atoms with E-state index in [1.165, 1.54) is 0 Å². The zero-order chi connectivity index (χ0) is 11.1. The van der Waals surface area contributed by atoms with Crippen molar-refractivity contribution in [2.45, 2.75) is 38.1 Å². The van der Waals surface area contributed by atoms with Crippen molar-refractivity contribution >= 4 is 9.84 Å². The maximum Gasteiger partial charge on any atom is 0.151 e. The van der Waals surface area contributed by atoms with Crippen molar-refractivity contribution in [1.82, 2.24) is 5.32 Å². The summed E-state index contributed by atoms with van der Waals surface area (Å²) < 4.78 is 22.6. The van der Waals surface area contributed by atoms with Gasteiger partial charge in [-0.1, -0.05) is 0 Å². The Morgan fingerprint density at radius 3 is 2.87 bits per heavy atom. The third-order valence-electron chi connectivity index (χ3n) is 2.61. The first-order chi connectivity index (χ1) is 7.14. The van der Waals surface area contributed by atoms with E-state index in [4.69, 9.17) is 5.26 Å². The molecule has 0 aromatic heterocycles. The van der Waals surface area contributed by atoms with Crippen LogP contribution in [-0.2, 0) is 9.84 Å². The molecule has 0 bridgehead atoms. The van der Waals surface area contributed by atoms with Crippen LogP contribution in [0.15, 0.2) is 0 Å². The number of rotatable bonds is 5. The van der Waals surface area contributed by atoms with Gasteiger partial charge in [0, 0.05) is 12.5 Å². The molecule has 0 aliphatic carbocycles. The Kier molecular flexibility index (Phi) is 5.06. The van der Waals surface area contributed by atoms with Gasteiger partial charge in [-0.25, -0.2) is 8.42 Å². The summed E-state index contributed by atoms with van der Waals surface area (Å²) in [7, 11) is -2.79. The predicted molar refractivity (Wildman–Crippen MR) is 59.1 cm³/mol. The van der Waals surface area contributed by atoms with E-state index in [9.17, 15) is 8.42 Å². The Bertz CT molecular complexity index is 319. The molecule has 0 amide bonds. The van der Waals surface area contributed by atoms with Crippen LogP contribution in [0.25, 0.3) is 0 Å². The van der Waals surface area contributed by atoms with Crippen molar-refractivity contribution in [3.63, 3.8) is 0 Å². The fourth-order valence-electron chi connectivity index (χ4n) is 1.82. The summed E-state index contributed by atoms with van der Waals surface area (Å²) in [5, 5.41) is 11.6. The number of unbranched alkanes of at least 4 members (excludes halogenated alkanes) is 2. The fourth-order valence-corrected chi connectivity index (χ4v) is 3.49. The number of sulfone groups is 1. The Labute approximate surface area is 91.6 Å². The molecule has 5 heteroatoms. The third kappa shape index (κ3) is 5.14. The highest BCUT2D eigenvalue weighted by atomic mass is 32.2. The second-order valence-electron chi connectivity index (χ2n) is 4.02. The molecule has 0 aromatic carbocycles. The molecule has 1 fully saturated rings. The molecule has 1 saturated heterocycles. The van der Waals surface area contributed by atoms with Gasteiger partial charge in [-0.3, -0.25) is 0 Å². The van der Waals surface area contributed by atoms with Crippen LogP contribution in [0, 0.1) is 11.3 Å². The van der Waals surface area contributed by atoms with Crippen molar-refractivity contribution in [1.29, 1.82) is 5.26 Å². The number of hydrogen-bond donors (Lipinski definition) is 1. The molecular weight excluding hydrogens is 212 g/mol. The van der Waals surface area contributed by atoms with Crippen molar-refractivity contribution in [3.8, 4) is 6.07 Å². The van der Waals surface area contributed by atoms with Gasteiger partial charge in [0.25, 0.3) is 0 Å². The molecule has 0 aromatic rings. The quantitative estimate of drug-likeness (QED) is 0.711. The van der Waals surface area contributed by atoms with Crippen molar-refractivity contribution in [3.05, 3.63) is 0 Å². The summed E-state index contributed by atoms with van der Waals surface area (Å²) in [4.78, 5) is 0. The molecule has 0 spiro atoms. The fraction of sp³-hybridized carbons (Fsp3) is 0.900. The van der Waals surface area contributed by atoms with Crippen LogP contribution >= 0.6 is 0 Å². The Morgan fingerprint density at radius 2 is 2.20 bits per heavy atom. The molecule has 1 rings (SSSR count). The molecule has 1 atom stereocenters. The summed E-state index contributed by atoms with van der Waals surface area (Å²) >= 11 is 0. The first-order valence-corrected chi connectivity index (χ1v) is 7.27. The van der Waals surface area contributed by atoms with E-state index in [0.717, 1.165) is 32.2 Å². The van der Waals surface area contributed by atoms with Crippen molar-refractivity contribution in [2.75, 3.05) is 18.1 Å². The van der Waals surface area contributed by atoms with Gasteiger partial charge in [0.15, 0.2) is 9.84 Å². The largest absolute Gasteiger partial charge is 0.313 e. The van der Waals surface area contributed by atoms with Crippen LogP contribution in [0.1, 0.15) is 32.1 Å². The van der Waals surface area contributed by atoms with Gasteiger partial charge >= 0.3 is 0 Å². The minimum absolute atomic E-state index is 0.130. The highest BCUT2D eigenvalue weighted by Crippen LogP contribution is 2.11. The Morgan fingerprint density at radius 1 is 1.40 bits per heavy atom. The molecule has 1 aliphatic rings. The Hall–Kier alpha value is -0.600. The normalized spacial score (nSPS) is 24.6. The molecule has 1 heterocycles. The van der Waals surface area contributed by atoms with E-state index in [1.807, 2.05) is 0 Å². The minimum atomic E-state index is -2.79. The zero-order valence-electron chi connectivity index (χ0n) is 8.91. The summed E-state index contributed by atoms with van der Waals surface area (Å²) in [5.74, 6) is 0.630. The van der Waals surface area contributed by atoms with Crippen LogP contribution in [0.2, 0.25) is 0 Å². The summed E-state index contributed by atoms with van der Waals surface area (Å²) in [5.41, 5.74) is 0. The summed E-state index contributed by atoms with van der Waals surface area (Å²) in [6.07, 6.45) is 4.16. The number of nitrogens with zero attached hydrogens (tertiary/aromatic N) is 1. The van der Waals surface area contributed by atoms with E-state index in [2.05, 4.69) is 11.4 Å². The lowest BCUT2D eigenvalue weighted by molar-refractivity contribution is 0.473. The van der Waals surface area contributed by atoms with Gasteiger partial charge in [-0.2, -0.15) is 5.26 Å². The maximum absolute atomic E-state index is 11.3. The summed E-state index contributed by atoms with van der Waals surface area (Å²) in [6, 6.07) is 2.23. The standard InChI is InChI=1S/C10H18N2O2S/c11-6-2-1-3-7-12-10-5-4-8-15(13,14)9-10/h10,12H,1-5,7-9H2. The first-order valence-electron chi connectivity index (χ1n) is 5.45. The number of nitriles is 1. The second kappa shape index (κ2) is 6.09. The van der Waals surface area contributed by atoms with Crippen molar-refractivity contribution in [2.24, 2.45) is 0 Å². The molecule has 15 heavy (non-hydrogen) atoms. The smallest absolute Gasteiger partial charge is 0.151 e. The lowest BCUT2D eigenvalue weighted by Gasteiger charge is -2.22. The first kappa shape index (κ1) is 12.5. The van der Waals surface area contributed by atoms with E-state index in [1.54, 1.807) is 0 Å². The van der Waals surface area contributed by atoms with Gasteiger partial charge < -0.3 is 5.32 Å². The van der Waals surface area contributed by atoms with Crippen LogP contribution in [0.4, 0.5) is 0 Å². The van der Waals surface area contributed by atoms with Crippen LogP contribution in [0.5, 0.6) is 0 Å². The van der Waals surface area contributed by atoms with E-state index in [-0.39, 0.29) is 11.8 Å². The molecule has 86 valence electrons. The lowest BCUT2D eigenvalue weighted by atomic mass is 10.1. The van der Waals surface area contributed by atoms with E-state index >= 15 is 0 Å². The van der Waals surface area contributed by atoms with Gasteiger partial charge in [-0.05, 0) is 32.2 Å². The van der Waals surface area contributed by atoms with Crippen LogP contribution < -0.4 is 5.32 Å². The van der Waals surface area contributed by atoms with E-state index < -0.39 is 9.84 Å². The van der Waals surface area contributed by atoms with Gasteiger partial charge in [-0.15, -0.1) is 0 Å². The van der Waals surface area contributed by atoms with Crippen molar-refractivity contribution < 1.29 is 8.42 Å². The van der Waals surface area contributed by atoms with Gasteiger partial charge in [0.1, 0.15) is 0 Å². The predicted octanol–water partition coefficient (Wildman–Crippen LogP) is 0.847. The molecule has 0 radical (unpaired) electrons. The van der Waals surface area contributed by atoms with Gasteiger partial charge in [0.2, 0.25) is 0 Å². The molecule has 0 saturated carbocycles. The second-order valence-corrected chi connectivity index (χ2v) is 6.25. The van der Waals surface area contributed by atoms with Gasteiger partial charge in [0.05, 0.1) is 17.6 Å². The monoisotopic (exact) mass is 230 g/mol. The van der Waals surface area contributed by atoms with Crippen LogP contribution in [-0.4, -0.2) is 32.5 Å². The average Bonchev–Trinajstić information content (AvgIpc) is 2.16. The highest BCUT2D eigenvalue weighted by Gasteiger charge is 2.23. The average molecular weight is 230 g/mol. The molecule has 1 N–H and O–H groups in total. The molecule has 1 aliphatic heterocycles. The minimum Gasteiger partial charge on any atom is -0.313 e. The molecule has 4 nitrogen and oxygen atoms in total. The molecular formula is C10H18N2O2S. The third-order valence-corrected chi connectivity index (χ3v) is 4.43. The zero-order valence-corrected chi connectivity index (χ0v) is 9.72. The maximum atomic E-state index is 11.3. The number of nitrogens with one attached hydrogen (secondary N) is 1. The number of hydrogen-bond acceptors (Lipinski definition) is 4. The van der Waals surface area contributed by atoms with E-state index in [0.29, 0.717) is 12.2 Å². The highest BCUT2D eigenvalue weighted by molar-refractivity contribution is 7.91. The lowest BCUT2D eigenvalue weighted by Crippen LogP contribution is -2.40. The molecule has 1 unspecified atom stereocenters. The van der Waals surface area contributed by atoms with Crippen LogP contribution in [0.3, 0.4) is 0 Å². The SMILES string of the molecule is N#CCCCCNC1CCCS(=O)(=O)C1. The topological polar surface area (TPSA) is 70.0 Å². The Balaban J connectivity index is 2.14.